The van der Waals surface area contributed by atoms with Gasteiger partial charge in [0.15, 0.2) is 0 Å². The Labute approximate surface area is 151 Å². The van der Waals surface area contributed by atoms with E-state index in [9.17, 15) is 4.79 Å². The summed E-state index contributed by atoms with van der Waals surface area (Å²) >= 11 is 0. The molecule has 1 atom stereocenters. The predicted octanol–water partition coefficient (Wildman–Crippen LogP) is 3.38. The van der Waals surface area contributed by atoms with Crippen LogP contribution in [0.3, 0.4) is 0 Å². The lowest BCUT2D eigenvalue weighted by atomic mass is 9.84. The van der Waals surface area contributed by atoms with Crippen LogP contribution in [0.2, 0.25) is 0 Å². The number of nitrogens with one attached hydrogen (secondary N) is 1. The fourth-order valence-corrected chi connectivity index (χ4v) is 2.51. The maximum Gasteiger partial charge on any atom is 0.237 e. The van der Waals surface area contributed by atoms with Crippen LogP contribution in [0.1, 0.15) is 30.5 Å². The zero-order valence-electron chi connectivity index (χ0n) is 14.6. The number of carbonyl (C=O) groups is 1. The predicted molar refractivity (Wildman–Crippen MR) is 103 cm³/mol. The van der Waals surface area contributed by atoms with Gasteiger partial charge >= 0.3 is 0 Å². The van der Waals surface area contributed by atoms with Crippen molar-refractivity contribution in [2.75, 3.05) is 6.54 Å². The Hall–Kier alpha value is -1.84. The first kappa shape index (κ1) is 20.2. The molecule has 0 fully saturated rings. The zero-order valence-corrected chi connectivity index (χ0v) is 15.4. The molecule has 0 radical (unpaired) electrons. The third-order valence-corrected chi connectivity index (χ3v) is 4.17. The standard InChI is InChI=1S/C20H26N2O.ClH/c1-15-9-11-17(12-10-15)20(2,3)14-22-19(23)18(21)13-16-7-5-4-6-8-16;/h4-12,18H,13-14,21H2,1-3H3,(H,22,23);1H/t18-;/m0./s1. The summed E-state index contributed by atoms with van der Waals surface area (Å²) in [4.78, 5) is 12.2. The van der Waals surface area contributed by atoms with E-state index in [0.29, 0.717) is 13.0 Å². The van der Waals surface area contributed by atoms with Crippen LogP contribution in [0, 0.1) is 6.92 Å². The zero-order chi connectivity index (χ0) is 16.9. The van der Waals surface area contributed by atoms with Gasteiger partial charge in [-0.1, -0.05) is 74.0 Å². The van der Waals surface area contributed by atoms with Crippen molar-refractivity contribution in [1.29, 1.82) is 0 Å². The number of aryl methyl sites for hydroxylation is 1. The van der Waals surface area contributed by atoms with Crippen molar-refractivity contribution in [2.24, 2.45) is 5.73 Å². The summed E-state index contributed by atoms with van der Waals surface area (Å²) in [6.45, 7) is 6.89. The third-order valence-electron chi connectivity index (χ3n) is 4.17. The molecule has 2 aromatic rings. The highest BCUT2D eigenvalue weighted by Gasteiger charge is 2.23. The summed E-state index contributed by atoms with van der Waals surface area (Å²) < 4.78 is 0. The van der Waals surface area contributed by atoms with E-state index in [1.165, 1.54) is 11.1 Å². The maximum atomic E-state index is 12.2. The number of benzene rings is 2. The van der Waals surface area contributed by atoms with Crippen LogP contribution >= 0.6 is 12.4 Å². The fraction of sp³-hybridized carbons (Fsp3) is 0.350. The molecule has 2 aromatic carbocycles. The Morgan fingerprint density at radius 1 is 1.08 bits per heavy atom. The summed E-state index contributed by atoms with van der Waals surface area (Å²) in [6.07, 6.45) is 0.553. The molecule has 3 N–H and O–H groups in total. The second kappa shape index (κ2) is 8.86. The van der Waals surface area contributed by atoms with E-state index >= 15 is 0 Å². The molecule has 0 bridgehead atoms. The molecule has 1 amide bonds. The Morgan fingerprint density at radius 3 is 2.25 bits per heavy atom. The lowest BCUT2D eigenvalue weighted by Crippen LogP contribution is -2.46. The SMILES string of the molecule is Cc1ccc(C(C)(C)CNC(=O)[C@@H](N)Cc2ccccc2)cc1.Cl. The Bertz CT molecular complexity index is 638. The number of hydrogen-bond donors (Lipinski definition) is 2. The lowest BCUT2D eigenvalue weighted by Gasteiger charge is -2.26. The summed E-state index contributed by atoms with van der Waals surface area (Å²) in [5, 5.41) is 2.99. The minimum atomic E-state index is -0.522. The van der Waals surface area contributed by atoms with Gasteiger partial charge in [0.2, 0.25) is 5.91 Å². The van der Waals surface area contributed by atoms with Crippen molar-refractivity contribution in [3.8, 4) is 0 Å². The maximum absolute atomic E-state index is 12.2. The molecule has 0 aliphatic heterocycles. The van der Waals surface area contributed by atoms with E-state index in [1.54, 1.807) is 0 Å². The van der Waals surface area contributed by atoms with Crippen molar-refractivity contribution < 1.29 is 4.79 Å². The average molecular weight is 347 g/mol. The van der Waals surface area contributed by atoms with Crippen LogP contribution in [0.5, 0.6) is 0 Å². The number of hydrogen-bond acceptors (Lipinski definition) is 2. The molecule has 130 valence electrons. The first-order chi connectivity index (χ1) is 10.9. The highest BCUT2D eigenvalue weighted by atomic mass is 35.5. The number of rotatable bonds is 6. The number of halogens is 1. The van der Waals surface area contributed by atoms with Crippen LogP contribution in [-0.4, -0.2) is 18.5 Å². The molecule has 0 spiro atoms. The van der Waals surface area contributed by atoms with Gasteiger partial charge in [0, 0.05) is 12.0 Å². The highest BCUT2D eigenvalue weighted by Crippen LogP contribution is 2.22. The minimum absolute atomic E-state index is 0. The Balaban J connectivity index is 0.00000288. The van der Waals surface area contributed by atoms with E-state index in [1.807, 2.05) is 30.3 Å². The number of amides is 1. The molecule has 0 aromatic heterocycles. The van der Waals surface area contributed by atoms with Crippen molar-refractivity contribution in [3.05, 3.63) is 71.3 Å². The van der Waals surface area contributed by atoms with Crippen molar-refractivity contribution in [2.45, 2.75) is 38.6 Å². The quantitative estimate of drug-likeness (QED) is 0.842. The third kappa shape index (κ3) is 5.66. The van der Waals surface area contributed by atoms with Crippen LogP contribution < -0.4 is 11.1 Å². The number of nitrogens with two attached hydrogens (primary N) is 1. The minimum Gasteiger partial charge on any atom is -0.354 e. The highest BCUT2D eigenvalue weighted by molar-refractivity contribution is 5.85. The summed E-state index contributed by atoms with van der Waals surface area (Å²) in [5.74, 6) is -0.103. The largest absolute Gasteiger partial charge is 0.354 e. The molecule has 0 aliphatic rings. The van der Waals surface area contributed by atoms with Crippen molar-refractivity contribution in [3.63, 3.8) is 0 Å². The van der Waals surface area contributed by atoms with E-state index < -0.39 is 6.04 Å². The molecule has 0 saturated heterocycles. The molecule has 3 nitrogen and oxygen atoms in total. The van der Waals surface area contributed by atoms with Gasteiger partial charge in [0.25, 0.3) is 0 Å². The molecular weight excluding hydrogens is 320 g/mol. The van der Waals surface area contributed by atoms with Crippen molar-refractivity contribution >= 4 is 18.3 Å². The van der Waals surface area contributed by atoms with Gasteiger partial charge in [0.1, 0.15) is 0 Å². The van der Waals surface area contributed by atoms with E-state index in [0.717, 1.165) is 5.56 Å². The fourth-order valence-electron chi connectivity index (χ4n) is 2.51. The van der Waals surface area contributed by atoms with Gasteiger partial charge in [-0.25, -0.2) is 0 Å². The first-order valence-corrected chi connectivity index (χ1v) is 8.03. The molecular formula is C20H27ClN2O. The van der Waals surface area contributed by atoms with E-state index in [4.69, 9.17) is 5.73 Å². The lowest BCUT2D eigenvalue weighted by molar-refractivity contribution is -0.122. The topological polar surface area (TPSA) is 55.1 Å². The normalized spacial score (nSPS) is 12.2. The molecule has 0 saturated carbocycles. The number of carbonyl (C=O) groups excluding carboxylic acids is 1. The van der Waals surface area contributed by atoms with Gasteiger partial charge in [-0.05, 0) is 24.5 Å². The van der Waals surface area contributed by atoms with Crippen LogP contribution in [0.25, 0.3) is 0 Å². The van der Waals surface area contributed by atoms with Crippen LogP contribution in [0.4, 0.5) is 0 Å². The van der Waals surface area contributed by atoms with Gasteiger partial charge in [-0.15, -0.1) is 12.4 Å². The monoisotopic (exact) mass is 346 g/mol. The Kier molecular flexibility index (Phi) is 7.46. The van der Waals surface area contributed by atoms with Gasteiger partial charge in [-0.2, -0.15) is 0 Å². The Morgan fingerprint density at radius 2 is 1.67 bits per heavy atom. The van der Waals surface area contributed by atoms with Gasteiger partial charge in [-0.3, -0.25) is 4.79 Å². The molecule has 0 aliphatic carbocycles. The summed E-state index contributed by atoms with van der Waals surface area (Å²) in [6, 6.07) is 17.8. The smallest absolute Gasteiger partial charge is 0.237 e. The van der Waals surface area contributed by atoms with Crippen LogP contribution in [-0.2, 0) is 16.6 Å². The second-order valence-electron chi connectivity index (χ2n) is 6.76. The van der Waals surface area contributed by atoms with E-state index in [2.05, 4.69) is 50.4 Å². The van der Waals surface area contributed by atoms with E-state index in [-0.39, 0.29) is 23.7 Å². The average Bonchev–Trinajstić information content (AvgIpc) is 2.54. The second-order valence-corrected chi connectivity index (χ2v) is 6.76. The molecule has 0 heterocycles. The summed E-state index contributed by atoms with van der Waals surface area (Å²) in [5.41, 5.74) is 9.42. The van der Waals surface area contributed by atoms with Crippen molar-refractivity contribution in [1.82, 2.24) is 5.32 Å². The van der Waals surface area contributed by atoms with Gasteiger partial charge < -0.3 is 11.1 Å². The molecule has 4 heteroatoms. The van der Waals surface area contributed by atoms with Gasteiger partial charge in [0.05, 0.1) is 6.04 Å². The summed E-state index contributed by atoms with van der Waals surface area (Å²) in [7, 11) is 0. The molecule has 2 rings (SSSR count). The first-order valence-electron chi connectivity index (χ1n) is 8.03. The molecule has 0 unspecified atom stereocenters. The van der Waals surface area contributed by atoms with Crippen LogP contribution in [0.15, 0.2) is 54.6 Å². The molecule has 24 heavy (non-hydrogen) atoms.